The topological polar surface area (TPSA) is 69.6 Å². The molecule has 0 spiro atoms. The first-order valence-electron chi connectivity index (χ1n) is 6.87. The number of nitrogens with one attached hydrogen (secondary N) is 1. The molecule has 1 aliphatic rings. The number of halogens is 1. The molecule has 5 nitrogen and oxygen atoms in total. The predicted octanol–water partition coefficient (Wildman–Crippen LogP) is 3.37. The molecule has 114 valence electrons. The summed E-state index contributed by atoms with van der Waals surface area (Å²) >= 11 is 6.06. The van der Waals surface area contributed by atoms with Gasteiger partial charge in [-0.05, 0) is 44.4 Å². The minimum atomic E-state index is -0.802. The smallest absolute Gasteiger partial charge is 0.321 e. The van der Waals surface area contributed by atoms with E-state index in [0.717, 1.165) is 5.56 Å². The molecule has 21 heavy (non-hydrogen) atoms. The van der Waals surface area contributed by atoms with Gasteiger partial charge in [0.1, 0.15) is 0 Å². The number of hydrogen-bond acceptors (Lipinski definition) is 2. The van der Waals surface area contributed by atoms with Gasteiger partial charge in [-0.1, -0.05) is 17.7 Å². The molecule has 0 unspecified atom stereocenters. The van der Waals surface area contributed by atoms with Crippen LogP contribution in [0.2, 0.25) is 5.02 Å². The van der Waals surface area contributed by atoms with Crippen LogP contribution in [-0.2, 0) is 4.79 Å². The summed E-state index contributed by atoms with van der Waals surface area (Å²) < 4.78 is 0. The van der Waals surface area contributed by atoms with Crippen molar-refractivity contribution in [3.8, 4) is 0 Å². The number of benzene rings is 1. The van der Waals surface area contributed by atoms with Crippen LogP contribution in [0.25, 0.3) is 0 Å². The van der Waals surface area contributed by atoms with Crippen LogP contribution in [0.1, 0.15) is 25.3 Å². The first kappa shape index (κ1) is 15.6. The molecule has 2 N–H and O–H groups in total. The highest BCUT2D eigenvalue weighted by Crippen LogP contribution is 2.31. The first-order chi connectivity index (χ1) is 9.82. The number of carbonyl (C=O) groups excluding carboxylic acids is 1. The largest absolute Gasteiger partial charge is 0.481 e. The average Bonchev–Trinajstić information content (AvgIpc) is 2.43. The van der Waals surface area contributed by atoms with Gasteiger partial charge in [0.2, 0.25) is 0 Å². The Balaban J connectivity index is 2.00. The van der Waals surface area contributed by atoms with Gasteiger partial charge >= 0.3 is 12.0 Å². The normalized spacial score (nSPS) is 17.4. The Morgan fingerprint density at radius 3 is 2.52 bits per heavy atom. The van der Waals surface area contributed by atoms with Gasteiger partial charge in [-0.15, -0.1) is 0 Å². The van der Waals surface area contributed by atoms with Crippen molar-refractivity contribution >= 4 is 29.3 Å². The van der Waals surface area contributed by atoms with Crippen molar-refractivity contribution in [2.45, 2.75) is 26.7 Å². The average molecular weight is 311 g/mol. The Hall–Kier alpha value is -1.75. The number of anilines is 1. The van der Waals surface area contributed by atoms with Crippen molar-refractivity contribution in [2.75, 3.05) is 18.4 Å². The van der Waals surface area contributed by atoms with Crippen molar-refractivity contribution < 1.29 is 14.7 Å². The van der Waals surface area contributed by atoms with Crippen molar-refractivity contribution in [2.24, 2.45) is 5.41 Å². The van der Waals surface area contributed by atoms with Crippen molar-refractivity contribution in [3.63, 3.8) is 0 Å². The maximum atomic E-state index is 12.2. The van der Waals surface area contributed by atoms with E-state index in [1.807, 2.05) is 19.1 Å². The Morgan fingerprint density at radius 1 is 1.33 bits per heavy atom. The molecule has 1 saturated heterocycles. The molecule has 0 aliphatic carbocycles. The molecule has 0 bridgehead atoms. The lowest BCUT2D eigenvalue weighted by atomic mass is 9.80. The number of carbonyl (C=O) groups is 2. The third kappa shape index (κ3) is 3.47. The summed E-state index contributed by atoms with van der Waals surface area (Å²) in [5.74, 6) is -0.802. The molecular weight excluding hydrogens is 292 g/mol. The van der Waals surface area contributed by atoms with E-state index in [1.165, 1.54) is 0 Å². The molecule has 2 rings (SSSR count). The molecule has 2 amide bonds. The van der Waals surface area contributed by atoms with Gasteiger partial charge < -0.3 is 15.3 Å². The summed E-state index contributed by atoms with van der Waals surface area (Å²) in [6.45, 7) is 4.50. The quantitative estimate of drug-likeness (QED) is 0.880. The van der Waals surface area contributed by atoms with E-state index in [0.29, 0.717) is 36.6 Å². The van der Waals surface area contributed by atoms with Crippen LogP contribution in [0.3, 0.4) is 0 Å². The lowest BCUT2D eigenvalue weighted by Crippen LogP contribution is -2.46. The third-order valence-electron chi connectivity index (χ3n) is 4.03. The number of likely N-dealkylation sites (tertiary alicyclic amines) is 1. The number of urea groups is 1. The van der Waals surface area contributed by atoms with Crippen LogP contribution in [0.5, 0.6) is 0 Å². The summed E-state index contributed by atoms with van der Waals surface area (Å²) in [6.07, 6.45) is 0.911. The molecule has 1 aliphatic heterocycles. The van der Waals surface area contributed by atoms with Gasteiger partial charge in [-0.25, -0.2) is 4.79 Å². The van der Waals surface area contributed by atoms with E-state index < -0.39 is 11.4 Å². The molecular formula is C15H19ClN2O3. The van der Waals surface area contributed by atoms with Crippen molar-refractivity contribution in [3.05, 3.63) is 28.8 Å². The molecule has 6 heteroatoms. The summed E-state index contributed by atoms with van der Waals surface area (Å²) in [5, 5.41) is 12.5. The van der Waals surface area contributed by atoms with E-state index >= 15 is 0 Å². The number of rotatable bonds is 2. The van der Waals surface area contributed by atoms with E-state index in [1.54, 1.807) is 17.9 Å². The zero-order chi connectivity index (χ0) is 15.6. The van der Waals surface area contributed by atoms with E-state index in [2.05, 4.69) is 5.32 Å². The number of nitrogens with zero attached hydrogens (tertiary/aromatic N) is 1. The Kier molecular flexibility index (Phi) is 4.42. The number of carboxylic acids is 1. The number of piperidine rings is 1. The highest BCUT2D eigenvalue weighted by atomic mass is 35.5. The zero-order valence-electron chi connectivity index (χ0n) is 12.1. The molecule has 0 aromatic heterocycles. The van der Waals surface area contributed by atoms with Gasteiger partial charge in [0, 0.05) is 13.1 Å². The second-order valence-corrected chi connectivity index (χ2v) is 6.17. The SMILES string of the molecule is Cc1ccc(Cl)c(NC(=O)N2CCC(C)(C(=O)O)CC2)c1. The standard InChI is InChI=1S/C15H19ClN2O3/c1-10-3-4-11(16)12(9-10)17-14(21)18-7-5-15(2,6-8-18)13(19)20/h3-4,9H,5-8H2,1-2H3,(H,17,21)(H,19,20). The maximum absolute atomic E-state index is 12.2. The predicted molar refractivity (Wildman–Crippen MR) is 81.8 cm³/mol. The van der Waals surface area contributed by atoms with E-state index in [9.17, 15) is 14.7 Å². The van der Waals surface area contributed by atoms with Gasteiger partial charge in [-0.2, -0.15) is 0 Å². The Bertz CT molecular complexity index is 566. The van der Waals surface area contributed by atoms with Crippen LogP contribution >= 0.6 is 11.6 Å². The highest BCUT2D eigenvalue weighted by Gasteiger charge is 2.38. The Morgan fingerprint density at radius 2 is 1.95 bits per heavy atom. The van der Waals surface area contributed by atoms with E-state index in [-0.39, 0.29) is 6.03 Å². The monoisotopic (exact) mass is 310 g/mol. The van der Waals surface area contributed by atoms with Crippen LogP contribution < -0.4 is 5.32 Å². The third-order valence-corrected chi connectivity index (χ3v) is 4.36. The molecule has 1 aromatic rings. The second kappa shape index (κ2) is 5.93. The summed E-state index contributed by atoms with van der Waals surface area (Å²) in [4.78, 5) is 25.0. The first-order valence-corrected chi connectivity index (χ1v) is 7.25. The van der Waals surface area contributed by atoms with Gasteiger partial charge in [0.15, 0.2) is 0 Å². The van der Waals surface area contributed by atoms with Gasteiger partial charge in [0.25, 0.3) is 0 Å². The number of aliphatic carboxylic acids is 1. The second-order valence-electron chi connectivity index (χ2n) is 5.77. The molecule has 1 heterocycles. The molecule has 1 fully saturated rings. The molecule has 0 radical (unpaired) electrons. The fourth-order valence-electron chi connectivity index (χ4n) is 2.35. The van der Waals surface area contributed by atoms with Gasteiger partial charge in [0.05, 0.1) is 16.1 Å². The van der Waals surface area contributed by atoms with Crippen molar-refractivity contribution in [1.82, 2.24) is 4.90 Å². The number of hydrogen-bond donors (Lipinski definition) is 2. The lowest BCUT2D eigenvalue weighted by Gasteiger charge is -2.36. The summed E-state index contributed by atoms with van der Waals surface area (Å²) in [7, 11) is 0. The van der Waals surface area contributed by atoms with E-state index in [4.69, 9.17) is 11.6 Å². The maximum Gasteiger partial charge on any atom is 0.321 e. The van der Waals surface area contributed by atoms with Crippen LogP contribution in [0.4, 0.5) is 10.5 Å². The van der Waals surface area contributed by atoms with Gasteiger partial charge in [-0.3, -0.25) is 4.79 Å². The summed E-state index contributed by atoms with van der Waals surface area (Å²) in [5.41, 5.74) is 0.845. The minimum absolute atomic E-state index is 0.241. The fraction of sp³-hybridized carbons (Fsp3) is 0.467. The summed E-state index contributed by atoms with van der Waals surface area (Å²) in [6, 6.07) is 5.18. The lowest BCUT2D eigenvalue weighted by molar-refractivity contribution is -0.150. The Labute approximate surface area is 128 Å². The number of aryl methyl sites for hydroxylation is 1. The van der Waals surface area contributed by atoms with Crippen molar-refractivity contribution in [1.29, 1.82) is 0 Å². The molecule has 0 atom stereocenters. The highest BCUT2D eigenvalue weighted by molar-refractivity contribution is 6.33. The number of carboxylic acid groups (broad SMARTS) is 1. The molecule has 0 saturated carbocycles. The number of amides is 2. The van der Waals surface area contributed by atoms with Crippen LogP contribution in [0, 0.1) is 12.3 Å². The zero-order valence-corrected chi connectivity index (χ0v) is 12.9. The minimum Gasteiger partial charge on any atom is -0.481 e. The van der Waals surface area contributed by atoms with Crippen LogP contribution in [-0.4, -0.2) is 35.1 Å². The fourth-order valence-corrected chi connectivity index (χ4v) is 2.51. The van der Waals surface area contributed by atoms with Crippen LogP contribution in [0.15, 0.2) is 18.2 Å². The molecule has 1 aromatic carbocycles.